The predicted molar refractivity (Wildman–Crippen MR) is 56.6 cm³/mol. The number of carbonyl (C=O) groups excluding carboxylic acids is 1. The number of aliphatic hydroxyl groups is 1. The van der Waals surface area contributed by atoms with Gasteiger partial charge in [-0.25, -0.2) is 4.39 Å². The molecule has 1 unspecified atom stereocenters. The molecular formula is C12H12FNO2. The number of fused-ring (bicyclic) bond motifs is 1. The minimum Gasteiger partial charge on any atom is -0.385 e. The summed E-state index contributed by atoms with van der Waals surface area (Å²) in [6.45, 7) is 1.74. The maximum atomic E-state index is 13.7. The Hall–Kier alpha value is -1.42. The molecule has 1 aliphatic heterocycles. The Labute approximate surface area is 92.3 Å². The molecule has 1 heterocycles. The first-order valence-corrected chi connectivity index (χ1v) is 5.38. The van der Waals surface area contributed by atoms with Crippen LogP contribution in [0.3, 0.4) is 0 Å². The van der Waals surface area contributed by atoms with Crippen molar-refractivity contribution in [3.8, 4) is 0 Å². The third kappa shape index (κ3) is 1.19. The molecule has 0 saturated heterocycles. The summed E-state index contributed by atoms with van der Waals surface area (Å²) in [6.07, 6.45) is 1.34. The molecule has 3 nitrogen and oxygen atoms in total. The molecule has 2 aliphatic rings. The number of rotatable bonds is 1. The van der Waals surface area contributed by atoms with E-state index in [9.17, 15) is 14.3 Å². The van der Waals surface area contributed by atoms with Crippen LogP contribution in [0.15, 0.2) is 12.1 Å². The van der Waals surface area contributed by atoms with Gasteiger partial charge in [-0.15, -0.1) is 0 Å². The molecule has 0 aromatic heterocycles. The molecule has 1 aromatic carbocycles. The topological polar surface area (TPSA) is 49.3 Å². The number of nitrogens with one attached hydrogen (secondary N) is 1. The highest BCUT2D eigenvalue weighted by molar-refractivity contribution is 6.02. The van der Waals surface area contributed by atoms with Crippen LogP contribution in [-0.2, 0) is 10.4 Å². The maximum Gasteiger partial charge on any atom is 0.231 e. The summed E-state index contributed by atoms with van der Waals surface area (Å²) >= 11 is 0. The summed E-state index contributed by atoms with van der Waals surface area (Å²) in [5.41, 5.74) is 0.652. The number of anilines is 1. The third-order valence-corrected chi connectivity index (χ3v) is 3.49. The summed E-state index contributed by atoms with van der Waals surface area (Å²) in [4.78, 5) is 11.4. The Balaban J connectivity index is 2.15. The van der Waals surface area contributed by atoms with Gasteiger partial charge in [-0.3, -0.25) is 4.79 Å². The molecule has 16 heavy (non-hydrogen) atoms. The van der Waals surface area contributed by atoms with Gasteiger partial charge >= 0.3 is 0 Å². The molecular weight excluding hydrogens is 209 g/mol. The molecule has 0 radical (unpaired) electrons. The Kier molecular flexibility index (Phi) is 1.73. The number of hydrogen-bond donors (Lipinski definition) is 2. The van der Waals surface area contributed by atoms with E-state index < -0.39 is 11.4 Å². The third-order valence-electron chi connectivity index (χ3n) is 3.49. The van der Waals surface area contributed by atoms with Gasteiger partial charge in [0, 0.05) is 0 Å². The normalized spacial score (nSPS) is 25.2. The van der Waals surface area contributed by atoms with E-state index in [0.29, 0.717) is 24.0 Å². The van der Waals surface area contributed by atoms with E-state index >= 15 is 0 Å². The van der Waals surface area contributed by atoms with Gasteiger partial charge in [-0.2, -0.15) is 0 Å². The second kappa shape index (κ2) is 2.83. The SMILES string of the molecule is CC1C(=O)Nc2c(F)cc(C3(O)CC3)cc21. The molecule has 1 fully saturated rings. The van der Waals surface area contributed by atoms with Crippen LogP contribution in [0, 0.1) is 5.82 Å². The highest BCUT2D eigenvalue weighted by Crippen LogP contribution is 2.47. The van der Waals surface area contributed by atoms with Gasteiger partial charge in [0.15, 0.2) is 0 Å². The van der Waals surface area contributed by atoms with Gasteiger partial charge in [-0.1, -0.05) is 0 Å². The molecule has 84 valence electrons. The predicted octanol–water partition coefficient (Wildman–Crippen LogP) is 1.86. The second-order valence-corrected chi connectivity index (χ2v) is 4.66. The van der Waals surface area contributed by atoms with Crippen molar-refractivity contribution in [3.05, 3.63) is 29.1 Å². The lowest BCUT2D eigenvalue weighted by Gasteiger charge is -2.11. The van der Waals surface area contributed by atoms with Gasteiger partial charge < -0.3 is 10.4 Å². The van der Waals surface area contributed by atoms with Crippen LogP contribution < -0.4 is 5.32 Å². The summed E-state index contributed by atoms with van der Waals surface area (Å²) in [7, 11) is 0. The van der Waals surface area contributed by atoms with Crippen molar-refractivity contribution in [3.63, 3.8) is 0 Å². The van der Waals surface area contributed by atoms with Crippen LogP contribution in [0.4, 0.5) is 10.1 Å². The van der Waals surface area contributed by atoms with Gasteiger partial charge in [0.2, 0.25) is 5.91 Å². The number of amides is 1. The number of carbonyl (C=O) groups is 1. The fourth-order valence-corrected chi connectivity index (χ4v) is 2.15. The summed E-state index contributed by atoms with van der Waals surface area (Å²) in [5.74, 6) is -0.980. The number of hydrogen-bond acceptors (Lipinski definition) is 2. The molecule has 1 aliphatic carbocycles. The van der Waals surface area contributed by atoms with E-state index in [2.05, 4.69) is 5.32 Å². The number of halogens is 1. The minimum atomic E-state index is -0.860. The molecule has 0 spiro atoms. The van der Waals surface area contributed by atoms with Crippen LogP contribution in [-0.4, -0.2) is 11.0 Å². The zero-order valence-corrected chi connectivity index (χ0v) is 8.88. The van der Waals surface area contributed by atoms with Crippen molar-refractivity contribution in [2.24, 2.45) is 0 Å². The molecule has 1 atom stereocenters. The van der Waals surface area contributed by atoms with Gasteiger partial charge in [0.05, 0.1) is 17.2 Å². The first-order valence-electron chi connectivity index (χ1n) is 5.38. The maximum absolute atomic E-state index is 13.7. The van der Waals surface area contributed by atoms with Crippen LogP contribution in [0.1, 0.15) is 36.8 Å². The van der Waals surface area contributed by atoms with E-state index in [-0.39, 0.29) is 17.5 Å². The highest BCUT2D eigenvalue weighted by Gasteiger charge is 2.43. The largest absolute Gasteiger partial charge is 0.385 e. The summed E-state index contributed by atoms with van der Waals surface area (Å²) < 4.78 is 13.7. The first-order chi connectivity index (χ1) is 7.51. The Morgan fingerprint density at radius 2 is 2.19 bits per heavy atom. The zero-order chi connectivity index (χ0) is 11.5. The van der Waals surface area contributed by atoms with E-state index in [4.69, 9.17) is 0 Å². The van der Waals surface area contributed by atoms with E-state index in [1.807, 2.05) is 0 Å². The lowest BCUT2D eigenvalue weighted by molar-refractivity contribution is -0.116. The Morgan fingerprint density at radius 3 is 2.81 bits per heavy atom. The molecule has 1 aromatic rings. The van der Waals surface area contributed by atoms with Crippen LogP contribution in [0.25, 0.3) is 0 Å². The smallest absolute Gasteiger partial charge is 0.231 e. The summed E-state index contributed by atoms with van der Waals surface area (Å²) in [5, 5.41) is 12.5. The van der Waals surface area contributed by atoms with Crippen molar-refractivity contribution < 1.29 is 14.3 Å². The van der Waals surface area contributed by atoms with Crippen molar-refractivity contribution in [2.75, 3.05) is 5.32 Å². The lowest BCUT2D eigenvalue weighted by atomic mass is 9.97. The quantitative estimate of drug-likeness (QED) is 0.760. The van der Waals surface area contributed by atoms with Crippen LogP contribution in [0.5, 0.6) is 0 Å². The molecule has 1 saturated carbocycles. The highest BCUT2D eigenvalue weighted by atomic mass is 19.1. The average molecular weight is 221 g/mol. The Bertz CT molecular complexity index is 494. The fraction of sp³-hybridized carbons (Fsp3) is 0.417. The Morgan fingerprint density at radius 1 is 1.50 bits per heavy atom. The molecule has 0 bridgehead atoms. The van der Waals surface area contributed by atoms with E-state index in [1.165, 1.54) is 6.07 Å². The van der Waals surface area contributed by atoms with Gasteiger partial charge in [0.25, 0.3) is 0 Å². The van der Waals surface area contributed by atoms with Crippen molar-refractivity contribution in [2.45, 2.75) is 31.3 Å². The average Bonchev–Trinajstić information content (AvgIpc) is 2.92. The molecule has 1 amide bonds. The fourth-order valence-electron chi connectivity index (χ4n) is 2.15. The van der Waals surface area contributed by atoms with E-state index in [0.717, 1.165) is 0 Å². The van der Waals surface area contributed by atoms with Crippen molar-refractivity contribution in [1.29, 1.82) is 0 Å². The second-order valence-electron chi connectivity index (χ2n) is 4.66. The first kappa shape index (κ1) is 9.78. The van der Waals surface area contributed by atoms with Gasteiger partial charge in [0.1, 0.15) is 5.82 Å². The van der Waals surface area contributed by atoms with Gasteiger partial charge in [-0.05, 0) is 43.0 Å². The monoisotopic (exact) mass is 221 g/mol. The van der Waals surface area contributed by atoms with Crippen LogP contribution >= 0.6 is 0 Å². The molecule has 3 rings (SSSR count). The summed E-state index contributed by atoms with van der Waals surface area (Å²) in [6, 6.07) is 3.07. The zero-order valence-electron chi connectivity index (χ0n) is 8.88. The lowest BCUT2D eigenvalue weighted by Crippen LogP contribution is -2.08. The standard InChI is InChI=1S/C12H12FNO2/c1-6-8-4-7(12(16)2-3-12)5-9(13)10(8)14-11(6)15/h4-6,16H,2-3H2,1H3,(H,14,15). The molecule has 4 heteroatoms. The van der Waals surface area contributed by atoms with Crippen LogP contribution in [0.2, 0.25) is 0 Å². The number of benzene rings is 1. The van der Waals surface area contributed by atoms with Crippen molar-refractivity contribution >= 4 is 11.6 Å². The van der Waals surface area contributed by atoms with E-state index in [1.54, 1.807) is 13.0 Å². The molecule has 2 N–H and O–H groups in total. The minimum absolute atomic E-state index is 0.186. The van der Waals surface area contributed by atoms with Crippen molar-refractivity contribution in [1.82, 2.24) is 0 Å².